The van der Waals surface area contributed by atoms with Crippen LogP contribution in [0.25, 0.3) is 0 Å². The number of aryl methyl sites for hydroxylation is 1. The molecule has 0 saturated heterocycles. The number of nitrogens with one attached hydrogen (secondary N) is 2. The van der Waals surface area contributed by atoms with E-state index in [1.807, 2.05) is 13.0 Å². The summed E-state index contributed by atoms with van der Waals surface area (Å²) in [5.41, 5.74) is 5.19. The third kappa shape index (κ3) is 3.88. The van der Waals surface area contributed by atoms with Crippen molar-refractivity contribution in [3.05, 3.63) is 23.3 Å². The number of ether oxygens (including phenoxy) is 1. The average molecular weight is 317 g/mol. The van der Waals surface area contributed by atoms with Gasteiger partial charge in [-0.3, -0.25) is 9.59 Å². The zero-order valence-electron chi connectivity index (χ0n) is 14.2. The minimum Gasteiger partial charge on any atom is -0.494 e. The van der Waals surface area contributed by atoms with Gasteiger partial charge in [-0.15, -0.1) is 0 Å². The van der Waals surface area contributed by atoms with Gasteiger partial charge in [0.1, 0.15) is 11.5 Å². The zero-order chi connectivity index (χ0) is 17.2. The molecule has 0 saturated carbocycles. The number of amides is 2. The Morgan fingerprint density at radius 3 is 2.52 bits per heavy atom. The normalized spacial score (nSPS) is 14.8. The lowest BCUT2D eigenvalue weighted by Gasteiger charge is -2.25. The van der Waals surface area contributed by atoms with Crippen LogP contribution in [0.15, 0.2) is 17.2 Å². The van der Waals surface area contributed by atoms with Crippen molar-refractivity contribution < 1.29 is 14.3 Å². The molecule has 6 nitrogen and oxygen atoms in total. The average Bonchev–Trinajstić information content (AvgIpc) is 2.46. The van der Waals surface area contributed by atoms with Crippen molar-refractivity contribution in [3.63, 3.8) is 0 Å². The van der Waals surface area contributed by atoms with E-state index in [0.717, 1.165) is 11.1 Å². The zero-order valence-corrected chi connectivity index (χ0v) is 14.2. The van der Waals surface area contributed by atoms with E-state index < -0.39 is 0 Å². The number of hydrogen-bond donors (Lipinski definition) is 2. The van der Waals surface area contributed by atoms with Gasteiger partial charge in [0.05, 0.1) is 12.8 Å². The summed E-state index contributed by atoms with van der Waals surface area (Å²) in [6.45, 7) is 8.26. The first-order chi connectivity index (χ1) is 10.7. The van der Waals surface area contributed by atoms with Gasteiger partial charge in [-0.1, -0.05) is 26.8 Å². The van der Waals surface area contributed by atoms with Gasteiger partial charge < -0.3 is 10.1 Å². The summed E-state index contributed by atoms with van der Waals surface area (Å²) in [7, 11) is 1.59. The Hall–Kier alpha value is -2.37. The van der Waals surface area contributed by atoms with E-state index in [9.17, 15) is 9.59 Å². The molecule has 2 rings (SSSR count). The molecule has 0 bridgehead atoms. The van der Waals surface area contributed by atoms with E-state index in [2.05, 4.69) is 42.7 Å². The number of hydrazone groups is 1. The topological polar surface area (TPSA) is 79.8 Å². The molecule has 0 spiro atoms. The first kappa shape index (κ1) is 17.0. The first-order valence-corrected chi connectivity index (χ1v) is 7.58. The second-order valence-electron chi connectivity index (χ2n) is 6.69. The summed E-state index contributed by atoms with van der Waals surface area (Å²) in [5.74, 6) is 0.148. The lowest BCUT2D eigenvalue weighted by Crippen LogP contribution is -2.33. The quantitative estimate of drug-likeness (QED) is 0.899. The van der Waals surface area contributed by atoms with Crippen LogP contribution >= 0.6 is 0 Å². The van der Waals surface area contributed by atoms with Crippen LogP contribution in [0.2, 0.25) is 0 Å². The third-order valence-corrected chi connectivity index (χ3v) is 3.66. The first-order valence-electron chi connectivity index (χ1n) is 7.58. The van der Waals surface area contributed by atoms with E-state index in [1.165, 1.54) is 0 Å². The minimum absolute atomic E-state index is 0.118. The molecule has 124 valence electrons. The van der Waals surface area contributed by atoms with Crippen molar-refractivity contribution in [1.82, 2.24) is 5.43 Å². The van der Waals surface area contributed by atoms with Crippen LogP contribution in [0.3, 0.4) is 0 Å². The highest BCUT2D eigenvalue weighted by atomic mass is 16.5. The molecule has 23 heavy (non-hydrogen) atoms. The molecule has 1 aromatic carbocycles. The Morgan fingerprint density at radius 1 is 1.30 bits per heavy atom. The molecule has 0 radical (unpaired) electrons. The molecular weight excluding hydrogens is 294 g/mol. The van der Waals surface area contributed by atoms with Gasteiger partial charge in [-0.2, -0.15) is 5.10 Å². The number of methoxy groups -OCH3 is 1. The van der Waals surface area contributed by atoms with Gasteiger partial charge >= 0.3 is 0 Å². The summed E-state index contributed by atoms with van der Waals surface area (Å²) in [6.07, 6.45) is 0.600. The lowest BCUT2D eigenvalue weighted by molar-refractivity contribution is -0.121. The number of carbonyl (C=O) groups excluding carboxylic acids is 2. The molecule has 0 fully saturated rings. The summed E-state index contributed by atoms with van der Waals surface area (Å²) in [6, 6.07) is 3.93. The van der Waals surface area contributed by atoms with Gasteiger partial charge in [0.25, 0.3) is 5.91 Å². The number of carbonyl (C=O) groups is 2. The van der Waals surface area contributed by atoms with Crippen LogP contribution in [-0.2, 0) is 15.0 Å². The van der Waals surface area contributed by atoms with Crippen LogP contribution in [0, 0.1) is 6.92 Å². The molecule has 1 heterocycles. The third-order valence-electron chi connectivity index (χ3n) is 3.66. The minimum atomic E-state index is -0.325. The highest BCUT2D eigenvalue weighted by Crippen LogP contribution is 2.38. The maximum Gasteiger partial charge on any atom is 0.271 e. The maximum absolute atomic E-state index is 12.4. The largest absolute Gasteiger partial charge is 0.494 e. The number of rotatable bonds is 3. The van der Waals surface area contributed by atoms with Crippen LogP contribution in [0.1, 0.15) is 44.7 Å². The molecule has 6 heteroatoms. The Labute approximate surface area is 136 Å². The fraction of sp³-hybridized carbons (Fsp3) is 0.471. The summed E-state index contributed by atoms with van der Waals surface area (Å²) < 4.78 is 5.54. The van der Waals surface area contributed by atoms with E-state index in [0.29, 0.717) is 23.6 Å². The molecule has 0 atom stereocenters. The summed E-state index contributed by atoms with van der Waals surface area (Å²) in [5, 5.41) is 6.67. The fourth-order valence-corrected chi connectivity index (χ4v) is 2.48. The second kappa shape index (κ2) is 6.40. The van der Waals surface area contributed by atoms with Gasteiger partial charge in [0.2, 0.25) is 5.91 Å². The molecule has 0 aliphatic carbocycles. The van der Waals surface area contributed by atoms with E-state index in [4.69, 9.17) is 4.74 Å². The summed E-state index contributed by atoms with van der Waals surface area (Å²) >= 11 is 0. The SMILES string of the molecule is COc1c(NC(=O)C2=NNC(=O)CC2)cc(C)cc1C(C)(C)C. The monoisotopic (exact) mass is 317 g/mol. The Kier molecular flexibility index (Phi) is 4.73. The number of benzene rings is 1. The van der Waals surface area contributed by atoms with Crippen molar-refractivity contribution >= 4 is 23.2 Å². The molecule has 2 N–H and O–H groups in total. The van der Waals surface area contributed by atoms with Crippen LogP contribution < -0.4 is 15.5 Å². The maximum atomic E-state index is 12.4. The standard InChI is InChI=1S/C17H23N3O3/c1-10-8-11(17(2,3)4)15(23-5)13(9-10)18-16(22)12-6-7-14(21)20-19-12/h8-9H,6-7H2,1-5H3,(H,18,22)(H,20,21). The van der Waals surface area contributed by atoms with E-state index >= 15 is 0 Å². The van der Waals surface area contributed by atoms with Crippen molar-refractivity contribution in [1.29, 1.82) is 0 Å². The van der Waals surface area contributed by atoms with Crippen molar-refractivity contribution in [2.45, 2.75) is 46.0 Å². The predicted molar refractivity (Wildman–Crippen MR) is 89.9 cm³/mol. The van der Waals surface area contributed by atoms with Crippen LogP contribution in [-0.4, -0.2) is 24.6 Å². The highest BCUT2D eigenvalue weighted by Gasteiger charge is 2.24. The number of hydrogen-bond acceptors (Lipinski definition) is 4. The fourth-order valence-electron chi connectivity index (χ4n) is 2.48. The van der Waals surface area contributed by atoms with Crippen molar-refractivity contribution in [3.8, 4) is 5.75 Å². The van der Waals surface area contributed by atoms with Gasteiger partial charge in [0, 0.05) is 18.4 Å². The van der Waals surface area contributed by atoms with Crippen molar-refractivity contribution in [2.24, 2.45) is 5.10 Å². The van der Waals surface area contributed by atoms with E-state index in [-0.39, 0.29) is 23.7 Å². The van der Waals surface area contributed by atoms with E-state index in [1.54, 1.807) is 7.11 Å². The molecule has 2 amide bonds. The lowest BCUT2D eigenvalue weighted by atomic mass is 9.85. The molecule has 0 aromatic heterocycles. The number of nitrogens with zero attached hydrogens (tertiary/aromatic N) is 1. The molecule has 1 aliphatic heterocycles. The second-order valence-corrected chi connectivity index (χ2v) is 6.69. The van der Waals surface area contributed by atoms with Crippen molar-refractivity contribution in [2.75, 3.05) is 12.4 Å². The van der Waals surface area contributed by atoms with Crippen LogP contribution in [0.5, 0.6) is 5.75 Å². The van der Waals surface area contributed by atoms with Gasteiger partial charge in [-0.25, -0.2) is 5.43 Å². The Morgan fingerprint density at radius 2 is 2.00 bits per heavy atom. The highest BCUT2D eigenvalue weighted by molar-refractivity contribution is 6.43. The molecular formula is C17H23N3O3. The summed E-state index contributed by atoms with van der Waals surface area (Å²) in [4.78, 5) is 23.5. The van der Waals surface area contributed by atoms with Gasteiger partial charge in [-0.05, 0) is 24.0 Å². The Bertz CT molecular complexity index is 672. The smallest absolute Gasteiger partial charge is 0.271 e. The molecule has 1 aliphatic rings. The molecule has 0 unspecified atom stereocenters. The van der Waals surface area contributed by atoms with Gasteiger partial charge in [0.15, 0.2) is 0 Å². The Balaban J connectivity index is 2.34. The predicted octanol–water partition coefficient (Wildman–Crippen LogP) is 2.51. The molecule has 1 aromatic rings. The van der Waals surface area contributed by atoms with Crippen LogP contribution in [0.4, 0.5) is 5.69 Å². The number of anilines is 1.